The third-order valence-corrected chi connectivity index (χ3v) is 5.59. The number of methoxy groups -OCH3 is 3. The molecule has 174 valence electrons. The number of pyridine rings is 1. The van der Waals surface area contributed by atoms with E-state index in [4.69, 9.17) is 24.4 Å². The molecule has 5 aromatic rings. The standard InChI is InChI=1S/C25H25N5O4/c1-31-21-11-15(12-22(32-2)24(21)33-3)20-13-19-23(34-20)16(6-8-27-19)14-4-5-17-18(10-14)30-25(29-17)28-9-7-26/h4-6,8,10-13H,7,9,26H2,1-3H3,(H2,28,29,30). The van der Waals surface area contributed by atoms with Gasteiger partial charge in [-0.05, 0) is 35.9 Å². The Balaban J connectivity index is 1.59. The Kier molecular flexibility index (Phi) is 5.69. The molecule has 0 aliphatic rings. The monoisotopic (exact) mass is 459 g/mol. The molecule has 0 aliphatic carbocycles. The molecule has 4 N–H and O–H groups in total. The number of imidazole rings is 1. The molecule has 0 aliphatic heterocycles. The van der Waals surface area contributed by atoms with Crippen LogP contribution in [0.2, 0.25) is 0 Å². The lowest BCUT2D eigenvalue weighted by atomic mass is 10.1. The molecule has 0 spiro atoms. The minimum atomic E-state index is 0.525. The number of furan rings is 1. The number of ether oxygens (including phenoxy) is 3. The molecular formula is C25H25N5O4. The highest BCUT2D eigenvalue weighted by atomic mass is 16.5. The molecule has 9 nitrogen and oxygen atoms in total. The van der Waals surface area contributed by atoms with Crippen molar-refractivity contribution < 1.29 is 18.6 Å². The Morgan fingerprint density at radius 1 is 0.941 bits per heavy atom. The first-order chi connectivity index (χ1) is 16.6. The van der Waals surface area contributed by atoms with Crippen LogP contribution in [0.1, 0.15) is 0 Å². The summed E-state index contributed by atoms with van der Waals surface area (Å²) in [4.78, 5) is 12.3. The molecule has 5 rings (SSSR count). The molecule has 9 heteroatoms. The number of nitrogens with one attached hydrogen (secondary N) is 2. The highest BCUT2D eigenvalue weighted by Crippen LogP contribution is 2.43. The fraction of sp³-hybridized carbons (Fsp3) is 0.200. The van der Waals surface area contributed by atoms with Gasteiger partial charge in [0.15, 0.2) is 17.1 Å². The van der Waals surface area contributed by atoms with E-state index in [1.165, 1.54) is 0 Å². The molecule has 3 aromatic heterocycles. The molecule has 0 saturated heterocycles. The van der Waals surface area contributed by atoms with Crippen LogP contribution in [-0.4, -0.2) is 49.4 Å². The second-order valence-electron chi connectivity index (χ2n) is 7.63. The quantitative estimate of drug-likeness (QED) is 0.312. The molecule has 3 heterocycles. The number of hydrogen-bond donors (Lipinski definition) is 3. The van der Waals surface area contributed by atoms with E-state index >= 15 is 0 Å². The van der Waals surface area contributed by atoms with Crippen molar-refractivity contribution in [3.63, 3.8) is 0 Å². The molecular weight excluding hydrogens is 434 g/mol. The summed E-state index contributed by atoms with van der Waals surface area (Å²) >= 11 is 0. The van der Waals surface area contributed by atoms with Gasteiger partial charge in [0.1, 0.15) is 11.3 Å². The number of nitrogens with two attached hydrogens (primary N) is 1. The Morgan fingerprint density at radius 2 is 1.74 bits per heavy atom. The maximum atomic E-state index is 6.32. The smallest absolute Gasteiger partial charge is 0.203 e. The Hall–Kier alpha value is -4.24. The number of benzene rings is 2. The molecule has 0 saturated carbocycles. The summed E-state index contributed by atoms with van der Waals surface area (Å²) in [6.45, 7) is 1.18. The van der Waals surface area contributed by atoms with E-state index in [1.807, 2.05) is 42.5 Å². The molecule has 0 atom stereocenters. The largest absolute Gasteiger partial charge is 0.493 e. The normalized spacial score (nSPS) is 11.2. The van der Waals surface area contributed by atoms with Gasteiger partial charge in [0.05, 0.1) is 32.4 Å². The highest BCUT2D eigenvalue weighted by Gasteiger charge is 2.18. The minimum Gasteiger partial charge on any atom is -0.493 e. The summed E-state index contributed by atoms with van der Waals surface area (Å²) in [5.74, 6) is 2.96. The van der Waals surface area contributed by atoms with E-state index < -0.39 is 0 Å². The summed E-state index contributed by atoms with van der Waals surface area (Å²) in [5.41, 5.74) is 11.5. The summed E-state index contributed by atoms with van der Waals surface area (Å²) in [6.07, 6.45) is 1.78. The van der Waals surface area contributed by atoms with Crippen LogP contribution in [0.5, 0.6) is 17.2 Å². The van der Waals surface area contributed by atoms with Crippen LogP contribution >= 0.6 is 0 Å². The summed E-state index contributed by atoms with van der Waals surface area (Å²) in [5, 5.41) is 3.17. The lowest BCUT2D eigenvalue weighted by Crippen LogP contribution is -2.13. The topological polar surface area (TPSA) is 120 Å². The lowest BCUT2D eigenvalue weighted by molar-refractivity contribution is 0.324. The molecule has 0 amide bonds. The van der Waals surface area contributed by atoms with Gasteiger partial charge >= 0.3 is 0 Å². The van der Waals surface area contributed by atoms with Crippen LogP contribution < -0.4 is 25.3 Å². The number of fused-ring (bicyclic) bond motifs is 2. The zero-order valence-corrected chi connectivity index (χ0v) is 19.1. The van der Waals surface area contributed by atoms with Gasteiger partial charge in [-0.25, -0.2) is 4.98 Å². The van der Waals surface area contributed by atoms with Gasteiger partial charge in [-0.2, -0.15) is 0 Å². The Bertz CT molecular complexity index is 1450. The zero-order valence-electron chi connectivity index (χ0n) is 19.1. The average Bonchev–Trinajstić information content (AvgIpc) is 3.49. The van der Waals surface area contributed by atoms with Gasteiger partial charge in [0.2, 0.25) is 11.7 Å². The van der Waals surface area contributed by atoms with Gasteiger partial charge in [0.25, 0.3) is 0 Å². The molecule has 0 fully saturated rings. The predicted molar refractivity (Wildman–Crippen MR) is 132 cm³/mol. The second kappa shape index (κ2) is 8.95. The van der Waals surface area contributed by atoms with E-state index in [0.717, 1.165) is 33.2 Å². The first kappa shape index (κ1) is 21.6. The van der Waals surface area contributed by atoms with Gasteiger partial charge in [-0.3, -0.25) is 4.98 Å². The number of hydrogen-bond acceptors (Lipinski definition) is 8. The zero-order chi connectivity index (χ0) is 23.7. The Morgan fingerprint density at radius 3 is 2.44 bits per heavy atom. The number of H-pyrrole nitrogens is 1. The number of aromatic amines is 1. The SMILES string of the molecule is COc1cc(-c2cc3nccc(-c4ccc5nc(NCCN)[nH]c5c4)c3o2)cc(OC)c1OC. The van der Waals surface area contributed by atoms with Crippen molar-refractivity contribution in [1.29, 1.82) is 0 Å². The third-order valence-electron chi connectivity index (χ3n) is 5.59. The van der Waals surface area contributed by atoms with Crippen LogP contribution in [-0.2, 0) is 0 Å². The summed E-state index contributed by atoms with van der Waals surface area (Å²) in [7, 11) is 4.75. The van der Waals surface area contributed by atoms with Gasteiger partial charge in [-0.1, -0.05) is 6.07 Å². The first-order valence-electron chi connectivity index (χ1n) is 10.8. The number of nitrogens with zero attached hydrogens (tertiary/aromatic N) is 2. The van der Waals surface area contributed by atoms with Crippen molar-refractivity contribution in [2.75, 3.05) is 39.7 Å². The van der Waals surface area contributed by atoms with Crippen LogP contribution in [0.4, 0.5) is 5.95 Å². The minimum absolute atomic E-state index is 0.525. The van der Waals surface area contributed by atoms with E-state index in [1.54, 1.807) is 27.5 Å². The number of rotatable bonds is 8. The number of aromatic nitrogens is 3. The van der Waals surface area contributed by atoms with Crippen LogP contribution in [0, 0.1) is 0 Å². The van der Waals surface area contributed by atoms with Crippen LogP contribution in [0.25, 0.3) is 44.6 Å². The molecule has 34 heavy (non-hydrogen) atoms. The molecule has 0 unspecified atom stereocenters. The Labute approximate surface area is 195 Å². The van der Waals surface area contributed by atoms with E-state index in [0.29, 0.717) is 47.6 Å². The summed E-state index contributed by atoms with van der Waals surface area (Å²) < 4.78 is 22.7. The fourth-order valence-corrected chi connectivity index (χ4v) is 3.98. The van der Waals surface area contributed by atoms with E-state index in [-0.39, 0.29) is 0 Å². The van der Waals surface area contributed by atoms with Gasteiger partial charge in [-0.15, -0.1) is 0 Å². The van der Waals surface area contributed by atoms with Crippen molar-refractivity contribution in [3.8, 4) is 39.7 Å². The van der Waals surface area contributed by atoms with Crippen molar-refractivity contribution >= 4 is 28.1 Å². The second-order valence-corrected chi connectivity index (χ2v) is 7.63. The molecule has 0 bridgehead atoms. The first-order valence-corrected chi connectivity index (χ1v) is 10.8. The molecule has 2 aromatic carbocycles. The predicted octanol–water partition coefficient (Wildman–Crippen LogP) is 4.43. The van der Waals surface area contributed by atoms with Gasteiger partial charge < -0.3 is 34.7 Å². The summed E-state index contributed by atoms with van der Waals surface area (Å²) in [6, 6.07) is 13.6. The maximum Gasteiger partial charge on any atom is 0.203 e. The maximum absolute atomic E-state index is 6.32. The highest BCUT2D eigenvalue weighted by molar-refractivity contribution is 5.95. The van der Waals surface area contributed by atoms with Crippen molar-refractivity contribution in [1.82, 2.24) is 15.0 Å². The lowest BCUT2D eigenvalue weighted by Gasteiger charge is -2.13. The van der Waals surface area contributed by atoms with Gasteiger partial charge in [0, 0.05) is 36.5 Å². The average molecular weight is 460 g/mol. The van der Waals surface area contributed by atoms with Crippen LogP contribution in [0.15, 0.2) is 53.1 Å². The third kappa shape index (κ3) is 3.75. The van der Waals surface area contributed by atoms with Crippen molar-refractivity contribution in [3.05, 3.63) is 48.7 Å². The fourth-order valence-electron chi connectivity index (χ4n) is 3.98. The van der Waals surface area contributed by atoms with Crippen LogP contribution in [0.3, 0.4) is 0 Å². The van der Waals surface area contributed by atoms with E-state index in [9.17, 15) is 0 Å². The van der Waals surface area contributed by atoms with Crippen molar-refractivity contribution in [2.45, 2.75) is 0 Å². The van der Waals surface area contributed by atoms with Crippen molar-refractivity contribution in [2.24, 2.45) is 5.73 Å². The number of anilines is 1. The van der Waals surface area contributed by atoms with E-state index in [2.05, 4.69) is 20.3 Å². The molecule has 0 radical (unpaired) electrons.